The van der Waals surface area contributed by atoms with Gasteiger partial charge >= 0.3 is 0 Å². The number of hydrogen-bond acceptors (Lipinski definition) is 7. The monoisotopic (exact) mass is 271 g/mol. The van der Waals surface area contributed by atoms with Gasteiger partial charge in [0.25, 0.3) is 0 Å². The predicted molar refractivity (Wildman–Crippen MR) is 72.4 cm³/mol. The number of nitriles is 1. The lowest BCUT2D eigenvalue weighted by atomic mass is 10.0. The van der Waals surface area contributed by atoms with Crippen molar-refractivity contribution in [3.05, 3.63) is 0 Å². The number of hydrogen-bond donors (Lipinski definition) is 1. The first kappa shape index (κ1) is 14.2. The van der Waals surface area contributed by atoms with Crippen LogP contribution in [0, 0.1) is 11.3 Å². The second-order valence-electron chi connectivity index (χ2n) is 4.23. The number of anilines is 1. The van der Waals surface area contributed by atoms with Gasteiger partial charge in [-0.3, -0.25) is 0 Å². The average molecular weight is 271 g/mol. The van der Waals surface area contributed by atoms with Crippen molar-refractivity contribution in [3.8, 4) is 6.07 Å². The molecule has 0 saturated carbocycles. The normalized spacial score (nSPS) is 14.1. The van der Waals surface area contributed by atoms with E-state index in [2.05, 4.69) is 16.3 Å². The summed E-state index contributed by atoms with van der Waals surface area (Å²) in [6.45, 7) is 1.76. The first-order valence-corrected chi connectivity index (χ1v) is 7.08. The molecule has 0 radical (unpaired) electrons. The third-order valence-electron chi connectivity index (χ3n) is 2.10. The Balaban J connectivity index is 2.29. The smallest absolute Gasteiger partial charge is 0.208 e. The number of rotatable bonds is 6. The van der Waals surface area contributed by atoms with Crippen LogP contribution in [-0.4, -0.2) is 35.6 Å². The van der Waals surface area contributed by atoms with E-state index >= 15 is 0 Å². The lowest BCUT2D eigenvalue weighted by Crippen LogP contribution is -2.33. The number of aromatic nitrogens is 2. The van der Waals surface area contributed by atoms with Gasteiger partial charge in [-0.15, -0.1) is 10.2 Å². The Morgan fingerprint density at radius 1 is 1.53 bits per heavy atom. The van der Waals surface area contributed by atoms with Gasteiger partial charge in [0.2, 0.25) is 5.13 Å². The summed E-state index contributed by atoms with van der Waals surface area (Å²) in [5, 5.41) is 17.8. The third-order valence-corrected chi connectivity index (χ3v) is 4.41. The van der Waals surface area contributed by atoms with Crippen LogP contribution in [-0.2, 0) is 0 Å². The molecule has 94 valence electrons. The minimum atomic E-state index is -0.712. The molecule has 0 aromatic carbocycles. The molecule has 1 heterocycles. The SMILES string of the molecule is CN(C)c1nnc(SCCCC(C)(N)C#N)s1. The highest BCUT2D eigenvalue weighted by Crippen LogP contribution is 2.27. The maximum absolute atomic E-state index is 8.77. The highest BCUT2D eigenvalue weighted by atomic mass is 32.2. The van der Waals surface area contributed by atoms with Crippen molar-refractivity contribution >= 4 is 28.2 Å². The summed E-state index contributed by atoms with van der Waals surface area (Å²) in [5.74, 6) is 0.913. The maximum atomic E-state index is 8.77. The van der Waals surface area contributed by atoms with Crippen LogP contribution < -0.4 is 10.6 Å². The molecule has 2 N–H and O–H groups in total. The van der Waals surface area contributed by atoms with E-state index in [1.165, 1.54) is 0 Å². The quantitative estimate of drug-likeness (QED) is 0.627. The summed E-state index contributed by atoms with van der Waals surface area (Å²) in [7, 11) is 3.89. The van der Waals surface area contributed by atoms with Gasteiger partial charge in [0, 0.05) is 19.8 Å². The fourth-order valence-corrected chi connectivity index (χ4v) is 2.87. The zero-order valence-electron chi connectivity index (χ0n) is 10.3. The van der Waals surface area contributed by atoms with Gasteiger partial charge in [-0.1, -0.05) is 23.1 Å². The van der Waals surface area contributed by atoms with Crippen molar-refractivity contribution in [2.45, 2.75) is 29.6 Å². The lowest BCUT2D eigenvalue weighted by Gasteiger charge is -2.13. The Labute approximate surface area is 110 Å². The number of nitrogens with zero attached hydrogens (tertiary/aromatic N) is 4. The van der Waals surface area contributed by atoms with Crippen LogP contribution in [0.1, 0.15) is 19.8 Å². The Kier molecular flexibility index (Phi) is 5.18. The van der Waals surface area contributed by atoms with E-state index in [1.54, 1.807) is 30.0 Å². The van der Waals surface area contributed by atoms with E-state index < -0.39 is 5.54 Å². The summed E-state index contributed by atoms with van der Waals surface area (Å²) in [6.07, 6.45) is 1.61. The fourth-order valence-electron chi connectivity index (χ4n) is 1.10. The summed E-state index contributed by atoms with van der Waals surface area (Å²) < 4.78 is 0.962. The van der Waals surface area contributed by atoms with Crippen LogP contribution in [0.4, 0.5) is 5.13 Å². The van der Waals surface area contributed by atoms with Crippen LogP contribution in [0.5, 0.6) is 0 Å². The molecule has 0 spiro atoms. The molecular weight excluding hydrogens is 254 g/mol. The standard InChI is InChI=1S/C10H17N5S2/c1-10(12,7-11)5-4-6-16-9-14-13-8(17-9)15(2)3/h4-6,12H2,1-3H3. The molecule has 0 amide bonds. The summed E-state index contributed by atoms with van der Waals surface area (Å²) >= 11 is 3.24. The summed E-state index contributed by atoms with van der Waals surface area (Å²) in [6, 6.07) is 2.10. The fraction of sp³-hybridized carbons (Fsp3) is 0.700. The van der Waals surface area contributed by atoms with Crippen LogP contribution in [0.2, 0.25) is 0 Å². The Bertz CT molecular complexity index is 394. The number of thioether (sulfide) groups is 1. The van der Waals surface area contributed by atoms with Crippen LogP contribution in [0.15, 0.2) is 4.34 Å². The van der Waals surface area contributed by atoms with Gasteiger partial charge in [-0.05, 0) is 19.8 Å². The van der Waals surface area contributed by atoms with E-state index in [0.717, 1.165) is 21.6 Å². The molecule has 0 aliphatic carbocycles. The molecule has 1 rings (SSSR count). The first-order valence-electron chi connectivity index (χ1n) is 5.28. The topological polar surface area (TPSA) is 78.8 Å². The average Bonchev–Trinajstić information content (AvgIpc) is 2.73. The third kappa shape index (κ3) is 4.89. The van der Waals surface area contributed by atoms with Gasteiger partial charge in [0.05, 0.1) is 6.07 Å². The highest BCUT2D eigenvalue weighted by Gasteiger charge is 2.16. The van der Waals surface area contributed by atoms with Crippen molar-refractivity contribution in [3.63, 3.8) is 0 Å². The molecule has 0 bridgehead atoms. The molecule has 1 aromatic heterocycles. The van der Waals surface area contributed by atoms with Gasteiger partial charge < -0.3 is 10.6 Å². The second kappa shape index (κ2) is 6.19. The Morgan fingerprint density at radius 3 is 2.76 bits per heavy atom. The molecule has 0 fully saturated rings. The largest absolute Gasteiger partial charge is 0.353 e. The van der Waals surface area contributed by atoms with Gasteiger partial charge in [-0.2, -0.15) is 5.26 Å². The molecular formula is C10H17N5S2. The van der Waals surface area contributed by atoms with E-state index in [9.17, 15) is 0 Å². The van der Waals surface area contributed by atoms with Crippen molar-refractivity contribution in [1.29, 1.82) is 5.26 Å². The van der Waals surface area contributed by atoms with Crippen molar-refractivity contribution in [1.82, 2.24) is 10.2 Å². The maximum Gasteiger partial charge on any atom is 0.208 e. The van der Waals surface area contributed by atoms with E-state index in [1.807, 2.05) is 19.0 Å². The Hall–Kier alpha value is -0.840. The molecule has 17 heavy (non-hydrogen) atoms. The molecule has 1 unspecified atom stereocenters. The second-order valence-corrected chi connectivity index (χ2v) is 6.52. The van der Waals surface area contributed by atoms with E-state index in [4.69, 9.17) is 11.0 Å². The van der Waals surface area contributed by atoms with Crippen LogP contribution in [0.3, 0.4) is 0 Å². The first-order chi connectivity index (χ1) is 7.94. The van der Waals surface area contributed by atoms with E-state index in [0.29, 0.717) is 6.42 Å². The Morgan fingerprint density at radius 2 is 2.24 bits per heavy atom. The molecule has 5 nitrogen and oxygen atoms in total. The van der Waals surface area contributed by atoms with Crippen LogP contribution >= 0.6 is 23.1 Å². The van der Waals surface area contributed by atoms with Crippen LogP contribution in [0.25, 0.3) is 0 Å². The van der Waals surface area contributed by atoms with Crippen molar-refractivity contribution in [2.75, 3.05) is 24.7 Å². The molecule has 7 heteroatoms. The molecule has 0 aliphatic rings. The molecule has 1 atom stereocenters. The zero-order valence-corrected chi connectivity index (χ0v) is 11.9. The summed E-state index contributed by atoms with van der Waals surface area (Å²) in [5.41, 5.74) is 5.03. The lowest BCUT2D eigenvalue weighted by molar-refractivity contribution is 0.540. The molecule has 0 saturated heterocycles. The highest BCUT2D eigenvalue weighted by molar-refractivity contribution is 8.01. The van der Waals surface area contributed by atoms with E-state index in [-0.39, 0.29) is 0 Å². The van der Waals surface area contributed by atoms with Gasteiger partial charge in [0.15, 0.2) is 4.34 Å². The minimum absolute atomic E-state index is 0.704. The number of nitrogens with two attached hydrogens (primary N) is 1. The summed E-state index contributed by atoms with van der Waals surface area (Å²) in [4.78, 5) is 1.94. The van der Waals surface area contributed by atoms with Crippen molar-refractivity contribution < 1.29 is 0 Å². The predicted octanol–water partition coefficient (Wildman–Crippen LogP) is 1.72. The minimum Gasteiger partial charge on any atom is -0.353 e. The van der Waals surface area contributed by atoms with Crippen molar-refractivity contribution in [2.24, 2.45) is 5.73 Å². The molecule has 0 aliphatic heterocycles. The molecule has 1 aromatic rings. The van der Waals surface area contributed by atoms with Gasteiger partial charge in [-0.25, -0.2) is 0 Å². The zero-order chi connectivity index (χ0) is 12.9. The van der Waals surface area contributed by atoms with Gasteiger partial charge in [0.1, 0.15) is 5.54 Å².